The van der Waals surface area contributed by atoms with Crippen LogP contribution in [-0.4, -0.2) is 20.3 Å². The molecule has 0 amide bonds. The quantitative estimate of drug-likeness (QED) is 0.615. The molecule has 0 bridgehead atoms. The Balaban J connectivity index is 3.08. The van der Waals surface area contributed by atoms with Crippen LogP contribution in [0, 0.1) is 0 Å². The van der Waals surface area contributed by atoms with Gasteiger partial charge in [-0.1, -0.05) is 30.3 Å². The minimum atomic E-state index is -5.17. The van der Waals surface area contributed by atoms with Crippen molar-refractivity contribution in [3.05, 3.63) is 35.9 Å². The molecular formula is C9H8F4O2S. The monoisotopic (exact) mass is 256 g/mol. The van der Waals surface area contributed by atoms with Crippen LogP contribution in [0.4, 0.5) is 17.1 Å². The van der Waals surface area contributed by atoms with Crippen molar-refractivity contribution in [3.8, 4) is 0 Å². The number of hydrogen-bond acceptors (Lipinski definition) is 2. The third-order valence-electron chi connectivity index (χ3n) is 1.96. The second kappa shape index (κ2) is 4.40. The fourth-order valence-corrected chi connectivity index (χ4v) is 2.04. The molecule has 0 radical (unpaired) electrons. The predicted molar refractivity (Wildman–Crippen MR) is 50.1 cm³/mol. The maximum absolute atomic E-state index is 12.5. The Morgan fingerprint density at radius 1 is 1.12 bits per heavy atom. The first-order valence-electron chi connectivity index (χ1n) is 4.24. The third kappa shape index (κ3) is 3.80. The molecule has 1 aromatic carbocycles. The van der Waals surface area contributed by atoms with Gasteiger partial charge in [0.25, 0.3) is 0 Å². The number of benzene rings is 1. The molecule has 16 heavy (non-hydrogen) atoms. The number of hydrogen-bond donors (Lipinski definition) is 0. The van der Waals surface area contributed by atoms with Crippen LogP contribution in [0.5, 0.6) is 0 Å². The molecule has 0 saturated heterocycles. The first-order valence-corrected chi connectivity index (χ1v) is 5.79. The van der Waals surface area contributed by atoms with E-state index < -0.39 is 28.1 Å². The average molecular weight is 256 g/mol. The number of alkyl halides is 3. The van der Waals surface area contributed by atoms with Gasteiger partial charge in [-0.15, -0.1) is 3.89 Å². The topological polar surface area (TPSA) is 34.1 Å². The zero-order valence-electron chi connectivity index (χ0n) is 7.91. The van der Waals surface area contributed by atoms with E-state index in [9.17, 15) is 25.5 Å². The van der Waals surface area contributed by atoms with Gasteiger partial charge in [0, 0.05) is 0 Å². The Bertz CT molecular complexity index is 438. The number of halogens is 4. The smallest absolute Gasteiger partial charge is 0.195 e. The van der Waals surface area contributed by atoms with Crippen molar-refractivity contribution < 1.29 is 25.5 Å². The maximum atomic E-state index is 12.5. The molecule has 1 unspecified atom stereocenters. The van der Waals surface area contributed by atoms with Gasteiger partial charge in [0.2, 0.25) is 0 Å². The van der Waals surface area contributed by atoms with Gasteiger partial charge in [0.1, 0.15) is 0 Å². The molecule has 90 valence electrons. The Morgan fingerprint density at radius 2 is 1.62 bits per heavy atom. The van der Waals surface area contributed by atoms with Crippen molar-refractivity contribution in [2.45, 2.75) is 12.1 Å². The minimum Gasteiger partial charge on any atom is -0.195 e. The Hall–Kier alpha value is -1.11. The fourth-order valence-electron chi connectivity index (χ4n) is 1.26. The lowest BCUT2D eigenvalue weighted by atomic mass is 10.0. The van der Waals surface area contributed by atoms with Crippen molar-refractivity contribution >= 4 is 10.2 Å². The zero-order valence-corrected chi connectivity index (χ0v) is 8.72. The summed E-state index contributed by atoms with van der Waals surface area (Å²) in [6.07, 6.45) is -4.79. The molecule has 0 N–H and O–H groups in total. The van der Waals surface area contributed by atoms with E-state index in [-0.39, 0.29) is 5.56 Å². The van der Waals surface area contributed by atoms with Crippen LogP contribution in [0.2, 0.25) is 0 Å². The first-order chi connectivity index (χ1) is 7.20. The van der Waals surface area contributed by atoms with Gasteiger partial charge in [-0.25, -0.2) is 0 Å². The van der Waals surface area contributed by atoms with E-state index in [0.717, 1.165) is 12.1 Å². The molecule has 1 atom stereocenters. The first kappa shape index (κ1) is 13.0. The van der Waals surface area contributed by atoms with Crippen molar-refractivity contribution in [1.82, 2.24) is 0 Å². The molecule has 0 fully saturated rings. The molecule has 0 heterocycles. The van der Waals surface area contributed by atoms with Crippen molar-refractivity contribution in [3.63, 3.8) is 0 Å². The minimum absolute atomic E-state index is 0.267. The normalized spacial score (nSPS) is 14.8. The molecule has 0 aliphatic rings. The second-order valence-corrected chi connectivity index (χ2v) is 4.62. The zero-order chi connectivity index (χ0) is 12.4. The lowest BCUT2D eigenvalue weighted by molar-refractivity contribution is -0.145. The Morgan fingerprint density at radius 3 is 2.00 bits per heavy atom. The molecule has 7 heteroatoms. The summed E-state index contributed by atoms with van der Waals surface area (Å²) in [4.78, 5) is 0. The van der Waals surface area contributed by atoms with E-state index in [2.05, 4.69) is 0 Å². The van der Waals surface area contributed by atoms with E-state index >= 15 is 0 Å². The molecular weight excluding hydrogens is 248 g/mol. The summed E-state index contributed by atoms with van der Waals surface area (Å²) in [5, 5.41) is 0. The SMILES string of the molecule is O=S(=O)(F)CC(c1ccccc1)C(F)(F)F. The highest BCUT2D eigenvalue weighted by atomic mass is 32.3. The molecule has 0 aromatic heterocycles. The van der Waals surface area contributed by atoms with Crippen molar-refractivity contribution in [2.24, 2.45) is 0 Å². The molecule has 0 aliphatic carbocycles. The summed E-state index contributed by atoms with van der Waals surface area (Å²) in [5.41, 5.74) is -0.267. The van der Waals surface area contributed by atoms with E-state index in [0.29, 0.717) is 0 Å². The molecule has 0 spiro atoms. The van der Waals surface area contributed by atoms with Gasteiger partial charge in [0.15, 0.2) is 0 Å². The Labute approximate surface area is 90.1 Å². The van der Waals surface area contributed by atoms with Crippen molar-refractivity contribution in [1.29, 1.82) is 0 Å². The van der Waals surface area contributed by atoms with Crippen LogP contribution in [0.3, 0.4) is 0 Å². The summed E-state index contributed by atoms with van der Waals surface area (Å²) in [5.74, 6) is -3.91. The fraction of sp³-hybridized carbons (Fsp3) is 0.333. The van der Waals surface area contributed by atoms with E-state index in [4.69, 9.17) is 0 Å². The van der Waals surface area contributed by atoms with E-state index in [1.165, 1.54) is 18.2 Å². The van der Waals surface area contributed by atoms with Crippen LogP contribution in [0.1, 0.15) is 11.5 Å². The summed E-state index contributed by atoms with van der Waals surface area (Å²) in [6.45, 7) is 0. The molecule has 1 aromatic rings. The molecule has 0 aliphatic heterocycles. The molecule has 0 saturated carbocycles. The van der Waals surface area contributed by atoms with Crippen LogP contribution >= 0.6 is 0 Å². The van der Waals surface area contributed by atoms with Crippen LogP contribution in [-0.2, 0) is 10.2 Å². The highest BCUT2D eigenvalue weighted by Crippen LogP contribution is 2.35. The highest BCUT2D eigenvalue weighted by molar-refractivity contribution is 7.86. The van der Waals surface area contributed by atoms with Gasteiger partial charge < -0.3 is 0 Å². The maximum Gasteiger partial charge on any atom is 0.396 e. The molecule has 2 nitrogen and oxygen atoms in total. The van der Waals surface area contributed by atoms with Crippen LogP contribution in [0.25, 0.3) is 0 Å². The largest absolute Gasteiger partial charge is 0.396 e. The van der Waals surface area contributed by atoms with E-state index in [1.54, 1.807) is 0 Å². The average Bonchev–Trinajstić information content (AvgIpc) is 2.13. The Kier molecular flexibility index (Phi) is 3.57. The third-order valence-corrected chi connectivity index (χ3v) is 2.69. The number of rotatable bonds is 3. The van der Waals surface area contributed by atoms with Crippen molar-refractivity contribution in [2.75, 3.05) is 5.75 Å². The van der Waals surface area contributed by atoms with E-state index in [1.807, 2.05) is 0 Å². The summed E-state index contributed by atoms with van der Waals surface area (Å²) in [6, 6.07) is 6.38. The van der Waals surface area contributed by atoms with Gasteiger partial charge in [-0.3, -0.25) is 0 Å². The standard InChI is InChI=1S/C9H8F4O2S/c10-9(11,12)8(6-16(13,14)15)7-4-2-1-3-5-7/h1-5,8H,6H2. The van der Waals surface area contributed by atoms with Gasteiger partial charge >= 0.3 is 16.4 Å². The van der Waals surface area contributed by atoms with Gasteiger partial charge in [-0.05, 0) is 5.56 Å². The highest BCUT2D eigenvalue weighted by Gasteiger charge is 2.43. The van der Waals surface area contributed by atoms with Crippen LogP contribution in [0.15, 0.2) is 30.3 Å². The van der Waals surface area contributed by atoms with Gasteiger partial charge in [0.05, 0.1) is 11.7 Å². The second-order valence-electron chi connectivity index (χ2n) is 3.21. The summed E-state index contributed by atoms with van der Waals surface area (Å²) >= 11 is 0. The molecule has 1 rings (SSSR count). The summed E-state index contributed by atoms with van der Waals surface area (Å²) < 4.78 is 70.4. The lowest BCUT2D eigenvalue weighted by Gasteiger charge is -2.18. The van der Waals surface area contributed by atoms with Crippen LogP contribution < -0.4 is 0 Å². The summed E-state index contributed by atoms with van der Waals surface area (Å²) in [7, 11) is -5.17. The predicted octanol–water partition coefficient (Wildman–Crippen LogP) is 2.63. The lowest BCUT2D eigenvalue weighted by Crippen LogP contribution is -2.26. The van der Waals surface area contributed by atoms with Gasteiger partial charge in [-0.2, -0.15) is 21.6 Å².